The first-order valence-corrected chi connectivity index (χ1v) is 29.1. The molecular weight excluding hydrogens is 1010 g/mol. The molecule has 2 rings (SSSR count). The van der Waals surface area contributed by atoms with E-state index in [0.29, 0.717) is 25.9 Å². The molecule has 0 aliphatic heterocycles. The van der Waals surface area contributed by atoms with Gasteiger partial charge >= 0.3 is 11.9 Å². The first-order chi connectivity index (χ1) is 38.5. The van der Waals surface area contributed by atoms with Gasteiger partial charge in [0.2, 0.25) is 0 Å². The lowest BCUT2D eigenvalue weighted by molar-refractivity contribution is -0.180. The van der Waals surface area contributed by atoms with Crippen molar-refractivity contribution < 1.29 is 46.9 Å². The van der Waals surface area contributed by atoms with Gasteiger partial charge in [0.1, 0.15) is 13.2 Å². The van der Waals surface area contributed by atoms with Crippen LogP contribution in [0.4, 0.5) is 8.78 Å². The molecule has 0 spiro atoms. The Labute approximate surface area is 480 Å². The second-order valence-corrected chi connectivity index (χ2v) is 20.9. The lowest BCUT2D eigenvalue weighted by Crippen LogP contribution is -2.52. The molecule has 0 radical (unpaired) electrons. The van der Waals surface area contributed by atoms with E-state index in [0.717, 1.165) is 114 Å². The van der Waals surface area contributed by atoms with Crippen molar-refractivity contribution in [1.82, 2.24) is 19.6 Å². The minimum absolute atomic E-state index is 0.0123. The second-order valence-electron chi connectivity index (χ2n) is 20.9. The average Bonchev–Trinajstić information content (AvgIpc) is 3.52. The largest absolute Gasteiger partial charge is 0.486 e. The minimum atomic E-state index is -1.53. The van der Waals surface area contributed by atoms with Crippen molar-refractivity contribution in [3.05, 3.63) is 146 Å². The smallest absolute Gasteiger partial charge is 0.332 e. The Hall–Kier alpha value is -5.80. The van der Waals surface area contributed by atoms with Crippen LogP contribution in [0.5, 0.6) is 11.5 Å². The van der Waals surface area contributed by atoms with Crippen molar-refractivity contribution in [2.24, 2.45) is 0 Å². The Morgan fingerprint density at radius 3 is 1.14 bits per heavy atom. The number of esters is 2. The van der Waals surface area contributed by atoms with E-state index in [1.165, 1.54) is 37.1 Å². The van der Waals surface area contributed by atoms with E-state index in [9.17, 15) is 19.2 Å². The molecule has 80 heavy (non-hydrogen) atoms. The van der Waals surface area contributed by atoms with Crippen LogP contribution in [0, 0.1) is 11.6 Å². The Kier molecular flexibility index (Phi) is 36.2. The van der Waals surface area contributed by atoms with Crippen molar-refractivity contribution in [1.29, 1.82) is 0 Å². The van der Waals surface area contributed by atoms with Gasteiger partial charge in [-0.3, -0.25) is 29.2 Å². The highest BCUT2D eigenvalue weighted by Crippen LogP contribution is 2.33. The lowest BCUT2D eigenvalue weighted by Gasteiger charge is -2.41. The number of nitrogens with zero attached hydrogens (tertiary/aromatic N) is 4. The van der Waals surface area contributed by atoms with E-state index < -0.39 is 46.6 Å². The van der Waals surface area contributed by atoms with Crippen molar-refractivity contribution >= 4 is 23.5 Å². The van der Waals surface area contributed by atoms with Crippen LogP contribution in [0.1, 0.15) is 163 Å². The van der Waals surface area contributed by atoms with Crippen LogP contribution < -0.4 is 9.47 Å². The predicted molar refractivity (Wildman–Crippen MR) is 322 cm³/mol. The predicted octanol–water partition coefficient (Wildman–Crippen LogP) is 14.2. The van der Waals surface area contributed by atoms with Gasteiger partial charge in [-0.1, -0.05) is 152 Å². The normalized spacial score (nSPS) is 13.3. The molecule has 0 saturated heterocycles. The third-order valence-corrected chi connectivity index (χ3v) is 14.1. The molecule has 14 heteroatoms. The number of ether oxygens (including phenoxy) is 4. The molecule has 0 saturated carbocycles. The summed E-state index contributed by atoms with van der Waals surface area (Å²) in [6.45, 7) is 23.2. The number of carbonyl (C=O) groups is 4. The van der Waals surface area contributed by atoms with Gasteiger partial charge in [-0.25, -0.2) is 18.4 Å². The standard InChI is InChI=1S/C66H98F2N4O8/c1-11-17-19-21-23-25-27-29-41-65(71(9)45-15-5,53-59(73)55-35-37-61(57(67)51-55)77-49-33-31-47-69(7)43-13-3)79-63(75)39-40-64(76)80-66(72(10)46-16-6,42-30-28-26-24-22-20-18-12-2)54-60(74)56-36-38-62(58(68)52-56)78-50-34-32-48-70(8)44-14-4/h13-16,31-40,51-52H,3-6,11-12,17-30,41-50,53-54H2,1-2,7-10H3/b33-31?,34-32?,40-39+. The maximum Gasteiger partial charge on any atom is 0.332 e. The Bertz CT molecular complexity index is 2130. The molecule has 0 bridgehead atoms. The molecular formula is C66H98F2N4O8. The van der Waals surface area contributed by atoms with Gasteiger partial charge in [-0.05, 0) is 77.4 Å². The first-order valence-electron chi connectivity index (χ1n) is 29.1. The maximum atomic E-state index is 15.6. The summed E-state index contributed by atoms with van der Waals surface area (Å²) in [7, 11) is 7.37. The number of unbranched alkanes of at least 4 members (excludes halogenated alkanes) is 14. The van der Waals surface area contributed by atoms with Crippen molar-refractivity contribution in [2.75, 3.05) is 80.7 Å². The van der Waals surface area contributed by atoms with Gasteiger partial charge < -0.3 is 18.9 Å². The number of halogens is 2. The van der Waals surface area contributed by atoms with E-state index in [1.54, 1.807) is 60.4 Å². The van der Waals surface area contributed by atoms with E-state index in [-0.39, 0.29) is 74.6 Å². The Balaban J connectivity index is 2.50. The number of carbonyl (C=O) groups excluding carboxylic acids is 4. The SMILES string of the molecule is C=CCN(C)CC=CCOc1ccc(C(=O)CC(CCCCCCCCCC)(OC(=O)/C=C/C(=O)OC(CCCCCCCCCC)(CC(=O)c2ccc(OCC=CCN(C)CC=C)c(F)c2)N(C)CC=C)N(C)CC=C)cc1F. The molecule has 0 amide bonds. The number of likely N-dealkylation sites (N-methyl/N-ethyl adjacent to an activating group) is 4. The zero-order valence-corrected chi connectivity index (χ0v) is 49.7. The lowest BCUT2D eigenvalue weighted by atomic mass is 9.93. The van der Waals surface area contributed by atoms with E-state index in [2.05, 4.69) is 40.2 Å². The Morgan fingerprint density at radius 1 is 0.475 bits per heavy atom. The highest BCUT2D eigenvalue weighted by atomic mass is 19.1. The molecule has 0 fully saturated rings. The summed E-state index contributed by atoms with van der Waals surface area (Å²) in [6, 6.07) is 8.09. The molecule has 2 unspecified atom stereocenters. The van der Waals surface area contributed by atoms with Crippen LogP contribution in [-0.4, -0.2) is 135 Å². The fourth-order valence-corrected chi connectivity index (χ4v) is 9.33. The monoisotopic (exact) mass is 1110 g/mol. The summed E-state index contributed by atoms with van der Waals surface area (Å²) in [6.07, 6.45) is 32.2. The molecule has 0 heterocycles. The van der Waals surface area contributed by atoms with Crippen LogP contribution in [0.15, 0.2) is 123 Å². The van der Waals surface area contributed by atoms with Crippen LogP contribution in [0.3, 0.4) is 0 Å². The van der Waals surface area contributed by atoms with Gasteiger partial charge in [0.25, 0.3) is 0 Å². The fourth-order valence-electron chi connectivity index (χ4n) is 9.33. The summed E-state index contributed by atoms with van der Waals surface area (Å²) in [4.78, 5) is 64.4. The maximum absolute atomic E-state index is 15.6. The molecule has 0 N–H and O–H groups in total. The number of hydrogen-bond donors (Lipinski definition) is 0. The number of hydrogen-bond acceptors (Lipinski definition) is 12. The third-order valence-electron chi connectivity index (χ3n) is 14.1. The van der Waals surface area contributed by atoms with Gasteiger partial charge in [0.05, 0.1) is 12.8 Å². The van der Waals surface area contributed by atoms with Crippen LogP contribution in [0.25, 0.3) is 0 Å². The van der Waals surface area contributed by atoms with Gasteiger partial charge in [0, 0.05) is 75.4 Å². The summed E-state index contributed by atoms with van der Waals surface area (Å²) in [5.41, 5.74) is -2.91. The molecule has 2 aromatic carbocycles. The summed E-state index contributed by atoms with van der Waals surface area (Å²) in [5, 5.41) is 0. The van der Waals surface area contributed by atoms with Crippen molar-refractivity contribution in [2.45, 2.75) is 154 Å². The summed E-state index contributed by atoms with van der Waals surface area (Å²) >= 11 is 0. The molecule has 2 aromatic rings. The number of benzene rings is 2. The zero-order valence-electron chi connectivity index (χ0n) is 49.7. The van der Waals surface area contributed by atoms with E-state index >= 15 is 8.78 Å². The second kappa shape index (κ2) is 41.2. The Morgan fingerprint density at radius 2 is 0.812 bits per heavy atom. The average molecular weight is 1110 g/mol. The van der Waals surface area contributed by atoms with Crippen molar-refractivity contribution in [3.8, 4) is 11.5 Å². The van der Waals surface area contributed by atoms with Crippen LogP contribution in [-0.2, 0) is 19.1 Å². The van der Waals surface area contributed by atoms with Crippen molar-refractivity contribution in [3.63, 3.8) is 0 Å². The summed E-state index contributed by atoms with van der Waals surface area (Å²) in [5.74, 6) is -4.21. The first kappa shape index (κ1) is 70.3. The quantitative estimate of drug-likeness (QED) is 0.0157. The number of rotatable bonds is 48. The molecule has 0 aromatic heterocycles. The van der Waals surface area contributed by atoms with Gasteiger partial charge in [-0.2, -0.15) is 0 Å². The van der Waals surface area contributed by atoms with Crippen LogP contribution in [0.2, 0.25) is 0 Å². The van der Waals surface area contributed by atoms with Gasteiger partial charge in [-0.15, -0.1) is 26.3 Å². The number of ketones is 2. The molecule has 444 valence electrons. The molecule has 12 nitrogen and oxygen atoms in total. The minimum Gasteiger partial charge on any atom is -0.486 e. The molecule has 0 aliphatic rings. The molecule has 2 atom stereocenters. The third kappa shape index (κ3) is 27.6. The van der Waals surface area contributed by atoms with Crippen LogP contribution >= 0.6 is 0 Å². The topological polar surface area (TPSA) is 118 Å². The van der Waals surface area contributed by atoms with E-state index in [1.807, 2.05) is 36.0 Å². The van der Waals surface area contributed by atoms with Gasteiger partial charge in [0.15, 0.2) is 46.1 Å². The highest BCUT2D eigenvalue weighted by molar-refractivity contribution is 5.98. The molecule has 0 aliphatic carbocycles. The zero-order chi connectivity index (χ0) is 59.0. The highest BCUT2D eigenvalue weighted by Gasteiger charge is 2.42. The summed E-state index contributed by atoms with van der Waals surface area (Å²) < 4.78 is 55.1. The van der Waals surface area contributed by atoms with E-state index in [4.69, 9.17) is 18.9 Å². The number of Topliss-reactive ketones (excluding diaryl/α,β-unsaturated/α-hetero) is 2. The fraction of sp³-hybridized carbons (Fsp3) is 0.545.